The molecule has 1 amide bonds. The van der Waals surface area contributed by atoms with Gasteiger partial charge in [-0.05, 0) is 109 Å². The van der Waals surface area contributed by atoms with Crippen molar-refractivity contribution in [2.24, 2.45) is 0 Å². The number of carbonyl (C=O) groups is 1. The van der Waals surface area contributed by atoms with Crippen molar-refractivity contribution in [2.45, 2.75) is 174 Å². The number of aliphatic hydroxyl groups is 1. The molecule has 0 heterocycles. The van der Waals surface area contributed by atoms with Crippen molar-refractivity contribution in [3.63, 3.8) is 0 Å². The Labute approximate surface area is 422 Å². The van der Waals surface area contributed by atoms with E-state index < -0.39 is 20.0 Å². The third-order valence-corrected chi connectivity index (χ3v) is 11.5. The number of quaternary nitrogens is 1. The first-order chi connectivity index (χ1) is 33.5. The van der Waals surface area contributed by atoms with Crippen molar-refractivity contribution < 1.29 is 32.9 Å². The van der Waals surface area contributed by atoms with Crippen LogP contribution in [-0.4, -0.2) is 73.4 Å². The van der Waals surface area contributed by atoms with Crippen molar-refractivity contribution in [1.82, 2.24) is 5.32 Å². The second-order valence-electron chi connectivity index (χ2n) is 18.2. The number of hydrogen-bond donors (Lipinski definition) is 3. The van der Waals surface area contributed by atoms with Crippen LogP contribution in [-0.2, 0) is 18.4 Å². The van der Waals surface area contributed by atoms with Crippen molar-refractivity contribution in [3.05, 3.63) is 158 Å². The Kier molecular flexibility index (Phi) is 46.4. The molecule has 0 saturated heterocycles. The summed E-state index contributed by atoms with van der Waals surface area (Å²) in [6.07, 6.45) is 78.1. The normalized spacial score (nSPS) is 15.3. The van der Waals surface area contributed by atoms with Gasteiger partial charge in [-0.3, -0.25) is 13.8 Å². The van der Waals surface area contributed by atoms with E-state index in [4.69, 9.17) is 9.05 Å². The number of phosphoric acid groups is 1. The summed E-state index contributed by atoms with van der Waals surface area (Å²) in [6.45, 7) is 4.55. The molecule has 0 radical (unpaired) electrons. The SMILES string of the molecule is CC/C=C\C/C=C\C/C=C\C/C=C\C/C=C\C/C=C\C/C=C\C/C=C\C/C=C\C/C=C\C/C=C\C/C=C\CCCCCCC(=O)NC(COP(=O)(O)OCC[N+](C)(C)C)C(O)/C=C/CCCCCC. The van der Waals surface area contributed by atoms with Crippen molar-refractivity contribution in [1.29, 1.82) is 0 Å². The van der Waals surface area contributed by atoms with Crippen molar-refractivity contribution >= 4 is 13.7 Å². The number of phosphoric ester groups is 1. The van der Waals surface area contributed by atoms with E-state index in [9.17, 15) is 19.4 Å². The lowest BCUT2D eigenvalue weighted by Crippen LogP contribution is -2.45. The maximum atomic E-state index is 12.8. The van der Waals surface area contributed by atoms with Gasteiger partial charge in [0.15, 0.2) is 0 Å². The minimum absolute atomic E-state index is 0.0467. The van der Waals surface area contributed by atoms with E-state index in [1.54, 1.807) is 6.08 Å². The Balaban J connectivity index is 4.07. The van der Waals surface area contributed by atoms with Crippen LogP contribution in [0.5, 0.6) is 0 Å². The molecule has 0 fully saturated rings. The maximum absolute atomic E-state index is 12.8. The van der Waals surface area contributed by atoms with E-state index in [0.29, 0.717) is 17.4 Å². The number of nitrogens with zero attached hydrogens (tertiary/aromatic N) is 1. The van der Waals surface area contributed by atoms with Crippen LogP contribution < -0.4 is 5.32 Å². The third-order valence-electron chi connectivity index (χ3n) is 10.5. The van der Waals surface area contributed by atoms with E-state index in [-0.39, 0.29) is 19.1 Å². The number of likely N-dealkylation sites (N-methyl/N-ethyl adjacent to an activating group) is 1. The minimum atomic E-state index is -4.35. The summed E-state index contributed by atoms with van der Waals surface area (Å²) in [7, 11) is 1.52. The first-order valence-electron chi connectivity index (χ1n) is 26.4. The number of rotatable bonds is 45. The molecule has 388 valence electrons. The van der Waals surface area contributed by atoms with Gasteiger partial charge in [0.25, 0.3) is 0 Å². The van der Waals surface area contributed by atoms with Crippen LogP contribution in [0, 0.1) is 0 Å². The summed E-state index contributed by atoms with van der Waals surface area (Å²) in [6, 6.07) is -0.868. The van der Waals surface area contributed by atoms with Crippen LogP contribution in [0.25, 0.3) is 0 Å². The van der Waals surface area contributed by atoms with Crippen molar-refractivity contribution in [2.75, 3.05) is 40.9 Å². The Morgan fingerprint density at radius 1 is 0.507 bits per heavy atom. The Bertz CT molecular complexity index is 1670. The molecule has 0 aliphatic carbocycles. The number of aliphatic hydroxyl groups excluding tert-OH is 1. The average molecular weight is 974 g/mol. The molecule has 3 N–H and O–H groups in total. The molecule has 0 bridgehead atoms. The van der Waals surface area contributed by atoms with Gasteiger partial charge in [0.1, 0.15) is 13.2 Å². The Hall–Kier alpha value is -3.88. The molecular formula is C60H98N2O6P+. The molecule has 0 spiro atoms. The molecule has 69 heavy (non-hydrogen) atoms. The first-order valence-corrected chi connectivity index (χ1v) is 27.9. The van der Waals surface area contributed by atoms with E-state index in [0.717, 1.165) is 135 Å². The largest absolute Gasteiger partial charge is 0.472 e. The smallest absolute Gasteiger partial charge is 0.387 e. The highest BCUT2D eigenvalue weighted by Gasteiger charge is 2.27. The zero-order valence-electron chi connectivity index (χ0n) is 44.0. The molecule has 8 nitrogen and oxygen atoms in total. The molecule has 0 aromatic rings. The van der Waals surface area contributed by atoms with E-state index in [1.165, 1.54) is 6.42 Å². The Morgan fingerprint density at radius 2 is 0.870 bits per heavy atom. The molecule has 3 atom stereocenters. The molecule has 3 unspecified atom stereocenters. The molecular weight excluding hydrogens is 876 g/mol. The van der Waals surface area contributed by atoms with Gasteiger partial charge in [-0.15, -0.1) is 0 Å². The van der Waals surface area contributed by atoms with Gasteiger partial charge in [-0.1, -0.05) is 204 Å². The molecule has 0 saturated carbocycles. The summed E-state index contributed by atoms with van der Waals surface area (Å²) >= 11 is 0. The summed E-state index contributed by atoms with van der Waals surface area (Å²) in [4.78, 5) is 23.0. The summed E-state index contributed by atoms with van der Waals surface area (Å²) in [5.74, 6) is -0.216. The maximum Gasteiger partial charge on any atom is 0.472 e. The van der Waals surface area contributed by atoms with Crippen molar-refractivity contribution in [3.8, 4) is 0 Å². The number of unbranched alkanes of at least 4 members (excludes halogenated alkanes) is 8. The second-order valence-corrected chi connectivity index (χ2v) is 19.6. The standard InChI is InChI=1S/C60H97N2O6P/c1-6-8-10-12-14-15-16-17-18-19-20-21-22-23-24-25-26-27-28-29-30-31-32-33-34-35-36-37-38-39-40-41-42-43-44-45-46-47-48-50-52-54-60(64)61-58(59(63)53-51-49-13-11-9-7-2)57-68-69(65,66)67-56-55-62(3,4)5/h8,10,14-15,17-18,20-21,23-24,26-27,29-30,32-33,35-36,38-39,41-42,44-45,51,53,58-59,63H,6-7,9,11-13,16,19,22,25,28,31,34,37,40,43,46-50,52,54-57H2,1-5H3,(H-,61,64,65,66)/p+1/b10-8-,15-14-,18-17-,21-20-,24-23-,27-26-,30-29-,33-32-,36-35-,39-38-,42-41-,45-44-,53-51+. The van der Waals surface area contributed by atoms with E-state index >= 15 is 0 Å². The summed E-state index contributed by atoms with van der Waals surface area (Å²) in [5.41, 5.74) is 0. The average Bonchev–Trinajstić information content (AvgIpc) is 3.31. The monoisotopic (exact) mass is 974 g/mol. The molecule has 0 rings (SSSR count). The van der Waals surface area contributed by atoms with Crippen LogP contribution in [0.3, 0.4) is 0 Å². The first kappa shape index (κ1) is 65.1. The summed E-state index contributed by atoms with van der Waals surface area (Å²) < 4.78 is 23.4. The van der Waals surface area contributed by atoms with Gasteiger partial charge in [-0.25, -0.2) is 4.57 Å². The highest BCUT2D eigenvalue weighted by Crippen LogP contribution is 2.43. The fraction of sp³-hybridized carbons (Fsp3) is 0.550. The molecule has 0 aliphatic rings. The van der Waals surface area contributed by atoms with E-state index in [1.807, 2.05) is 27.2 Å². The van der Waals surface area contributed by atoms with Crippen LogP contribution >= 0.6 is 7.82 Å². The Morgan fingerprint density at radius 3 is 1.26 bits per heavy atom. The lowest BCUT2D eigenvalue weighted by Gasteiger charge is -2.25. The molecule has 0 aromatic carbocycles. The molecule has 0 aliphatic heterocycles. The third kappa shape index (κ3) is 51.8. The van der Waals surface area contributed by atoms with Crippen LogP contribution in [0.2, 0.25) is 0 Å². The van der Waals surface area contributed by atoms with Crippen LogP contribution in [0.4, 0.5) is 0 Å². The highest BCUT2D eigenvalue weighted by molar-refractivity contribution is 7.47. The predicted octanol–water partition coefficient (Wildman–Crippen LogP) is 15.9. The van der Waals surface area contributed by atoms with Crippen LogP contribution in [0.15, 0.2) is 158 Å². The van der Waals surface area contributed by atoms with Gasteiger partial charge in [0.05, 0.1) is 39.9 Å². The predicted molar refractivity (Wildman–Crippen MR) is 299 cm³/mol. The lowest BCUT2D eigenvalue weighted by atomic mass is 10.1. The second kappa shape index (κ2) is 49.1. The summed E-state index contributed by atoms with van der Waals surface area (Å²) in [5, 5.41) is 13.7. The van der Waals surface area contributed by atoms with Gasteiger partial charge >= 0.3 is 7.82 Å². The van der Waals surface area contributed by atoms with Gasteiger partial charge < -0.3 is 19.8 Å². The number of nitrogens with one attached hydrogen (secondary N) is 1. The molecule has 9 heteroatoms. The van der Waals surface area contributed by atoms with Gasteiger partial charge in [0, 0.05) is 6.42 Å². The van der Waals surface area contributed by atoms with E-state index in [2.05, 4.69) is 165 Å². The lowest BCUT2D eigenvalue weighted by molar-refractivity contribution is -0.870. The fourth-order valence-electron chi connectivity index (χ4n) is 6.37. The topological polar surface area (TPSA) is 105 Å². The van der Waals surface area contributed by atoms with Gasteiger partial charge in [-0.2, -0.15) is 0 Å². The number of allylic oxidation sites excluding steroid dienone is 25. The zero-order valence-corrected chi connectivity index (χ0v) is 44.9. The van der Waals surface area contributed by atoms with Crippen LogP contribution in [0.1, 0.15) is 162 Å². The quantitative estimate of drug-likeness (QED) is 0.0243. The fourth-order valence-corrected chi connectivity index (χ4v) is 7.11. The van der Waals surface area contributed by atoms with Gasteiger partial charge in [0.2, 0.25) is 5.91 Å². The minimum Gasteiger partial charge on any atom is -0.387 e. The number of hydrogen-bond acceptors (Lipinski definition) is 5. The number of carbonyl (C=O) groups excluding carboxylic acids is 1. The zero-order chi connectivity index (χ0) is 50.6. The number of amides is 1. The molecule has 0 aromatic heterocycles. The highest BCUT2D eigenvalue weighted by atomic mass is 31.2.